The Kier molecular flexibility index (Phi) is 5.85. The minimum absolute atomic E-state index is 0.0752. The van der Waals surface area contributed by atoms with E-state index in [9.17, 15) is 4.79 Å². The molecule has 0 aliphatic heterocycles. The summed E-state index contributed by atoms with van der Waals surface area (Å²) in [6, 6.07) is 24.3. The predicted octanol–water partition coefficient (Wildman–Crippen LogP) is 4.76. The van der Waals surface area contributed by atoms with Gasteiger partial charge in [0.2, 0.25) is 0 Å². The molecule has 0 bridgehead atoms. The number of nitrogens with zero attached hydrogens (tertiary/aromatic N) is 1. The van der Waals surface area contributed by atoms with Crippen molar-refractivity contribution in [2.75, 3.05) is 0 Å². The molecule has 0 spiro atoms. The van der Waals surface area contributed by atoms with Gasteiger partial charge in [-0.15, -0.1) is 0 Å². The van der Waals surface area contributed by atoms with Crippen molar-refractivity contribution >= 4 is 21.7 Å². The van der Waals surface area contributed by atoms with Crippen LogP contribution in [0, 0.1) is 0 Å². The molecule has 0 saturated heterocycles. The lowest BCUT2D eigenvalue weighted by molar-refractivity contribution is 0.103. The quantitative estimate of drug-likeness (QED) is 0.497. The zero-order valence-electron chi connectivity index (χ0n) is 11.3. The van der Waals surface area contributed by atoms with Gasteiger partial charge in [-0.25, -0.2) is 4.98 Å². The largest absolute Gasteiger partial charge is 0.289 e. The third-order valence-electron chi connectivity index (χ3n) is 2.70. The first kappa shape index (κ1) is 15.1. The average Bonchev–Trinajstić information content (AvgIpc) is 2.57. The molecule has 0 N–H and O–H groups in total. The van der Waals surface area contributed by atoms with Crippen LogP contribution < -0.4 is 0 Å². The molecule has 0 unspecified atom stereocenters. The van der Waals surface area contributed by atoms with Crippen molar-refractivity contribution in [1.29, 1.82) is 0 Å². The van der Waals surface area contributed by atoms with E-state index in [0.29, 0.717) is 0 Å². The number of ketones is 1. The van der Waals surface area contributed by atoms with Crippen molar-refractivity contribution in [2.45, 2.75) is 0 Å². The van der Waals surface area contributed by atoms with E-state index in [4.69, 9.17) is 0 Å². The van der Waals surface area contributed by atoms with Gasteiger partial charge in [-0.05, 0) is 28.1 Å². The summed E-state index contributed by atoms with van der Waals surface area (Å²) in [5.74, 6) is 0.0752. The molecule has 3 aromatic rings. The SMILES string of the molecule is Brc1ccccn1.O=C(c1ccccc1)c1ccccc1. The van der Waals surface area contributed by atoms with Crippen LogP contribution in [0.3, 0.4) is 0 Å². The molecule has 0 aliphatic carbocycles. The van der Waals surface area contributed by atoms with Gasteiger partial charge in [0.25, 0.3) is 0 Å². The molecular weight excluding hydrogens is 326 g/mol. The van der Waals surface area contributed by atoms with Crippen LogP contribution in [-0.2, 0) is 0 Å². The van der Waals surface area contributed by atoms with Crippen LogP contribution >= 0.6 is 15.9 Å². The van der Waals surface area contributed by atoms with Gasteiger partial charge in [-0.2, -0.15) is 0 Å². The second kappa shape index (κ2) is 8.12. The standard InChI is InChI=1S/C13H10O.C5H4BrN/c14-13(11-7-3-1-4-8-11)12-9-5-2-6-10-12;6-5-3-1-2-4-7-5/h1-10H;1-4H. The number of hydrogen-bond donors (Lipinski definition) is 0. The lowest BCUT2D eigenvalue weighted by atomic mass is 10.0. The molecular formula is C18H14BrNO. The Hall–Kier alpha value is -2.26. The third kappa shape index (κ3) is 4.97. The first-order valence-corrected chi connectivity index (χ1v) is 7.28. The highest BCUT2D eigenvalue weighted by Gasteiger charge is 2.06. The van der Waals surface area contributed by atoms with Crippen molar-refractivity contribution in [3.05, 3.63) is 101 Å². The van der Waals surface area contributed by atoms with Crippen LogP contribution in [-0.4, -0.2) is 10.8 Å². The van der Waals surface area contributed by atoms with Gasteiger partial charge >= 0.3 is 0 Å². The van der Waals surface area contributed by atoms with Gasteiger partial charge < -0.3 is 0 Å². The fraction of sp³-hybridized carbons (Fsp3) is 0. The normalized spacial score (nSPS) is 9.38. The number of benzene rings is 2. The van der Waals surface area contributed by atoms with Gasteiger partial charge in [0.05, 0.1) is 0 Å². The number of hydrogen-bond acceptors (Lipinski definition) is 2. The van der Waals surface area contributed by atoms with Crippen LogP contribution in [0.4, 0.5) is 0 Å². The maximum absolute atomic E-state index is 11.8. The summed E-state index contributed by atoms with van der Waals surface area (Å²) >= 11 is 3.20. The molecule has 104 valence electrons. The van der Waals surface area contributed by atoms with Crippen molar-refractivity contribution in [3.63, 3.8) is 0 Å². The number of pyridine rings is 1. The van der Waals surface area contributed by atoms with Crippen molar-refractivity contribution in [1.82, 2.24) is 4.98 Å². The summed E-state index contributed by atoms with van der Waals surface area (Å²) in [4.78, 5) is 15.7. The van der Waals surface area contributed by atoms with Gasteiger partial charge in [0.15, 0.2) is 5.78 Å². The van der Waals surface area contributed by atoms with E-state index in [0.717, 1.165) is 15.7 Å². The molecule has 0 saturated carbocycles. The molecule has 1 aromatic heterocycles. The van der Waals surface area contributed by atoms with Crippen LogP contribution in [0.2, 0.25) is 0 Å². The van der Waals surface area contributed by atoms with E-state index in [1.54, 1.807) is 6.20 Å². The zero-order chi connectivity index (χ0) is 14.9. The van der Waals surface area contributed by atoms with E-state index >= 15 is 0 Å². The van der Waals surface area contributed by atoms with Gasteiger partial charge in [-0.1, -0.05) is 66.7 Å². The number of aromatic nitrogens is 1. The number of rotatable bonds is 2. The Balaban J connectivity index is 0.000000194. The Bertz CT molecular complexity index is 628. The van der Waals surface area contributed by atoms with Crippen molar-refractivity contribution in [2.24, 2.45) is 0 Å². The van der Waals surface area contributed by atoms with Gasteiger partial charge in [0, 0.05) is 17.3 Å². The van der Waals surface area contributed by atoms with Crippen LogP contribution in [0.15, 0.2) is 89.7 Å². The maximum Gasteiger partial charge on any atom is 0.193 e. The fourth-order valence-electron chi connectivity index (χ4n) is 1.69. The molecule has 1 heterocycles. The predicted molar refractivity (Wildman–Crippen MR) is 88.3 cm³/mol. The van der Waals surface area contributed by atoms with E-state index in [1.807, 2.05) is 78.9 Å². The summed E-state index contributed by atoms with van der Waals surface area (Å²) in [6.45, 7) is 0. The summed E-state index contributed by atoms with van der Waals surface area (Å²) in [5, 5.41) is 0. The maximum atomic E-state index is 11.8. The van der Waals surface area contributed by atoms with E-state index in [-0.39, 0.29) is 5.78 Å². The topological polar surface area (TPSA) is 30.0 Å². The van der Waals surface area contributed by atoms with Crippen molar-refractivity contribution in [3.8, 4) is 0 Å². The highest BCUT2D eigenvalue weighted by Crippen LogP contribution is 2.08. The van der Waals surface area contributed by atoms with E-state index < -0.39 is 0 Å². The lowest BCUT2D eigenvalue weighted by Crippen LogP contribution is -1.99. The molecule has 3 rings (SSSR count). The first-order valence-electron chi connectivity index (χ1n) is 6.48. The molecule has 0 radical (unpaired) electrons. The fourth-order valence-corrected chi connectivity index (χ4v) is 1.96. The molecule has 2 aromatic carbocycles. The Labute approximate surface area is 132 Å². The highest BCUT2D eigenvalue weighted by atomic mass is 79.9. The number of carbonyl (C=O) groups excluding carboxylic acids is 1. The highest BCUT2D eigenvalue weighted by molar-refractivity contribution is 9.10. The monoisotopic (exact) mass is 339 g/mol. The van der Waals surface area contributed by atoms with E-state index in [1.165, 1.54) is 0 Å². The number of halogens is 1. The van der Waals surface area contributed by atoms with Gasteiger partial charge in [0.1, 0.15) is 4.60 Å². The molecule has 0 aliphatic rings. The Morgan fingerprint density at radius 1 is 0.714 bits per heavy atom. The Morgan fingerprint density at radius 3 is 1.52 bits per heavy atom. The molecule has 21 heavy (non-hydrogen) atoms. The van der Waals surface area contributed by atoms with Crippen molar-refractivity contribution < 1.29 is 4.79 Å². The molecule has 0 atom stereocenters. The first-order chi connectivity index (χ1) is 10.3. The summed E-state index contributed by atoms with van der Waals surface area (Å²) in [7, 11) is 0. The summed E-state index contributed by atoms with van der Waals surface area (Å²) in [5.41, 5.74) is 1.47. The summed E-state index contributed by atoms with van der Waals surface area (Å²) in [6.07, 6.45) is 1.74. The molecule has 0 amide bonds. The molecule has 0 fully saturated rings. The lowest BCUT2D eigenvalue weighted by Gasteiger charge is -1.99. The summed E-state index contributed by atoms with van der Waals surface area (Å²) < 4.78 is 0.884. The number of carbonyl (C=O) groups is 1. The van der Waals surface area contributed by atoms with Crippen LogP contribution in [0.25, 0.3) is 0 Å². The van der Waals surface area contributed by atoms with Gasteiger partial charge in [-0.3, -0.25) is 4.79 Å². The Morgan fingerprint density at radius 2 is 1.19 bits per heavy atom. The molecule has 3 heteroatoms. The minimum atomic E-state index is 0.0752. The second-order valence-electron chi connectivity index (χ2n) is 4.21. The smallest absolute Gasteiger partial charge is 0.193 e. The average molecular weight is 340 g/mol. The minimum Gasteiger partial charge on any atom is -0.289 e. The molecule has 2 nitrogen and oxygen atoms in total. The van der Waals surface area contributed by atoms with Crippen LogP contribution in [0.1, 0.15) is 15.9 Å². The second-order valence-corrected chi connectivity index (χ2v) is 5.03. The van der Waals surface area contributed by atoms with Crippen LogP contribution in [0.5, 0.6) is 0 Å². The zero-order valence-corrected chi connectivity index (χ0v) is 12.9. The van der Waals surface area contributed by atoms with E-state index in [2.05, 4.69) is 20.9 Å². The third-order valence-corrected chi connectivity index (χ3v) is 3.17.